The lowest BCUT2D eigenvalue weighted by molar-refractivity contribution is -0.132. The Bertz CT molecular complexity index is 960. The molecule has 1 saturated heterocycles. The van der Waals surface area contributed by atoms with Gasteiger partial charge in [0.1, 0.15) is 0 Å². The molecule has 1 aliphatic rings. The van der Waals surface area contributed by atoms with Crippen molar-refractivity contribution >= 4 is 17.5 Å². The van der Waals surface area contributed by atoms with Crippen molar-refractivity contribution in [3.8, 4) is 5.69 Å². The number of para-hydroxylation sites is 1. The fourth-order valence-electron chi connectivity index (χ4n) is 3.66. The van der Waals surface area contributed by atoms with Crippen LogP contribution in [0.1, 0.15) is 5.56 Å². The van der Waals surface area contributed by atoms with Crippen molar-refractivity contribution in [2.24, 2.45) is 0 Å². The Morgan fingerprint density at radius 3 is 2.13 bits per heavy atom. The van der Waals surface area contributed by atoms with Gasteiger partial charge in [-0.15, -0.1) is 0 Å². The number of benzene rings is 2. The first kappa shape index (κ1) is 19.9. The summed E-state index contributed by atoms with van der Waals surface area (Å²) in [5.74, 6) is 0.112. The van der Waals surface area contributed by atoms with E-state index in [1.54, 1.807) is 0 Å². The molecule has 6 heteroatoms. The zero-order chi connectivity index (χ0) is 20.8. The molecule has 2 heterocycles. The van der Waals surface area contributed by atoms with Gasteiger partial charge < -0.3 is 14.8 Å². The first-order valence-electron chi connectivity index (χ1n) is 10.2. The summed E-state index contributed by atoms with van der Waals surface area (Å²) in [4.78, 5) is 28.9. The van der Waals surface area contributed by atoms with E-state index in [0.29, 0.717) is 39.1 Å². The SMILES string of the molecule is O=C(CN1CCN(C(=O)Cc2ccc(-n3cccc3)cc2)CC1)Nc1ccccc1. The Hall–Kier alpha value is -3.38. The van der Waals surface area contributed by atoms with Crippen molar-refractivity contribution in [3.05, 3.63) is 84.7 Å². The number of aromatic nitrogens is 1. The highest BCUT2D eigenvalue weighted by Crippen LogP contribution is 2.12. The molecule has 0 spiro atoms. The Morgan fingerprint density at radius 2 is 1.47 bits per heavy atom. The van der Waals surface area contributed by atoms with E-state index in [2.05, 4.69) is 10.2 Å². The first-order valence-corrected chi connectivity index (χ1v) is 10.2. The maximum absolute atomic E-state index is 12.7. The lowest BCUT2D eigenvalue weighted by atomic mass is 10.1. The summed E-state index contributed by atoms with van der Waals surface area (Å²) < 4.78 is 2.04. The van der Waals surface area contributed by atoms with Gasteiger partial charge in [0.05, 0.1) is 13.0 Å². The van der Waals surface area contributed by atoms with Crippen LogP contribution < -0.4 is 5.32 Å². The van der Waals surface area contributed by atoms with Gasteiger partial charge in [-0.05, 0) is 42.0 Å². The van der Waals surface area contributed by atoms with E-state index < -0.39 is 0 Å². The van der Waals surface area contributed by atoms with E-state index in [1.165, 1.54) is 0 Å². The zero-order valence-corrected chi connectivity index (χ0v) is 16.9. The molecular weight excluding hydrogens is 376 g/mol. The van der Waals surface area contributed by atoms with Gasteiger partial charge in [-0.3, -0.25) is 14.5 Å². The van der Waals surface area contributed by atoms with Crippen LogP contribution in [0.15, 0.2) is 79.1 Å². The largest absolute Gasteiger partial charge is 0.340 e. The van der Waals surface area contributed by atoms with Crippen LogP contribution in [-0.2, 0) is 16.0 Å². The van der Waals surface area contributed by atoms with Gasteiger partial charge in [0, 0.05) is 49.9 Å². The second-order valence-electron chi connectivity index (χ2n) is 7.50. The molecule has 2 aromatic carbocycles. The van der Waals surface area contributed by atoms with E-state index in [4.69, 9.17) is 0 Å². The highest BCUT2D eigenvalue weighted by Gasteiger charge is 2.22. The van der Waals surface area contributed by atoms with Crippen LogP contribution in [0.2, 0.25) is 0 Å². The summed E-state index contributed by atoms with van der Waals surface area (Å²) in [5, 5.41) is 2.91. The number of carbonyl (C=O) groups is 2. The summed E-state index contributed by atoms with van der Waals surface area (Å²) >= 11 is 0. The molecule has 0 radical (unpaired) electrons. The number of hydrogen-bond donors (Lipinski definition) is 1. The molecule has 6 nitrogen and oxygen atoms in total. The van der Waals surface area contributed by atoms with Gasteiger partial charge in [-0.25, -0.2) is 0 Å². The third-order valence-electron chi connectivity index (χ3n) is 5.34. The smallest absolute Gasteiger partial charge is 0.238 e. The molecule has 3 aromatic rings. The summed E-state index contributed by atoms with van der Waals surface area (Å²) in [5.41, 5.74) is 2.90. The topological polar surface area (TPSA) is 57.6 Å². The molecule has 1 aromatic heterocycles. The lowest BCUT2D eigenvalue weighted by Crippen LogP contribution is -2.50. The highest BCUT2D eigenvalue weighted by atomic mass is 16.2. The van der Waals surface area contributed by atoms with Crippen molar-refractivity contribution < 1.29 is 9.59 Å². The number of anilines is 1. The quantitative estimate of drug-likeness (QED) is 0.690. The molecule has 154 valence electrons. The lowest BCUT2D eigenvalue weighted by Gasteiger charge is -2.34. The van der Waals surface area contributed by atoms with Crippen molar-refractivity contribution in [1.29, 1.82) is 0 Å². The molecule has 0 aliphatic carbocycles. The van der Waals surface area contributed by atoms with E-state index in [9.17, 15) is 9.59 Å². The molecule has 0 saturated carbocycles. The Balaban J connectivity index is 1.23. The average molecular weight is 402 g/mol. The van der Waals surface area contributed by atoms with Crippen LogP contribution >= 0.6 is 0 Å². The normalized spacial score (nSPS) is 14.5. The van der Waals surface area contributed by atoms with E-state index >= 15 is 0 Å². The fourth-order valence-corrected chi connectivity index (χ4v) is 3.66. The molecule has 4 rings (SSSR count). The minimum atomic E-state index is -0.0243. The van der Waals surface area contributed by atoms with Crippen molar-refractivity contribution in [2.75, 3.05) is 38.0 Å². The minimum Gasteiger partial charge on any atom is -0.340 e. The van der Waals surface area contributed by atoms with Crippen LogP contribution in [-0.4, -0.2) is 58.9 Å². The van der Waals surface area contributed by atoms with Gasteiger partial charge in [0.25, 0.3) is 0 Å². The number of rotatable bonds is 6. The standard InChI is InChI=1S/C24H26N4O2/c29-23(25-21-6-2-1-3-7-21)19-26-14-16-28(17-15-26)24(30)18-20-8-10-22(11-9-20)27-12-4-5-13-27/h1-13H,14-19H2,(H,25,29). The van der Waals surface area contributed by atoms with Crippen molar-refractivity contribution in [3.63, 3.8) is 0 Å². The van der Waals surface area contributed by atoms with Crippen molar-refractivity contribution in [1.82, 2.24) is 14.4 Å². The predicted molar refractivity (Wildman–Crippen MR) is 118 cm³/mol. The van der Waals surface area contributed by atoms with Gasteiger partial charge in [0.2, 0.25) is 11.8 Å². The van der Waals surface area contributed by atoms with Crippen LogP contribution in [0.3, 0.4) is 0 Å². The Morgan fingerprint density at radius 1 is 0.800 bits per heavy atom. The minimum absolute atomic E-state index is 0.0243. The average Bonchev–Trinajstić information content (AvgIpc) is 3.30. The second kappa shape index (κ2) is 9.41. The second-order valence-corrected chi connectivity index (χ2v) is 7.50. The summed E-state index contributed by atoms with van der Waals surface area (Å²) in [7, 11) is 0. The summed E-state index contributed by atoms with van der Waals surface area (Å²) in [6.45, 7) is 3.07. The highest BCUT2D eigenvalue weighted by molar-refractivity contribution is 5.92. The molecule has 1 aliphatic heterocycles. The molecule has 1 N–H and O–H groups in total. The van der Waals surface area contributed by atoms with Crippen LogP contribution in [0.5, 0.6) is 0 Å². The number of hydrogen-bond acceptors (Lipinski definition) is 3. The maximum atomic E-state index is 12.7. The first-order chi connectivity index (χ1) is 14.7. The Labute approximate surface area is 176 Å². The maximum Gasteiger partial charge on any atom is 0.238 e. The molecule has 2 amide bonds. The number of nitrogens with zero attached hydrogens (tertiary/aromatic N) is 3. The number of carbonyl (C=O) groups excluding carboxylic acids is 2. The predicted octanol–water partition coefficient (Wildman–Crippen LogP) is 2.80. The van der Waals surface area contributed by atoms with Gasteiger partial charge in [-0.1, -0.05) is 30.3 Å². The van der Waals surface area contributed by atoms with E-state index in [-0.39, 0.29) is 11.8 Å². The van der Waals surface area contributed by atoms with Gasteiger partial charge >= 0.3 is 0 Å². The van der Waals surface area contributed by atoms with Crippen molar-refractivity contribution in [2.45, 2.75) is 6.42 Å². The Kier molecular flexibility index (Phi) is 6.25. The third-order valence-corrected chi connectivity index (χ3v) is 5.34. The van der Waals surface area contributed by atoms with E-state index in [0.717, 1.165) is 16.9 Å². The monoisotopic (exact) mass is 402 g/mol. The van der Waals surface area contributed by atoms with Crippen LogP contribution in [0.25, 0.3) is 5.69 Å². The third kappa shape index (κ3) is 5.15. The van der Waals surface area contributed by atoms with Crippen LogP contribution in [0, 0.1) is 0 Å². The summed E-state index contributed by atoms with van der Waals surface area (Å²) in [6.07, 6.45) is 4.40. The number of piperazine rings is 1. The van der Waals surface area contributed by atoms with Gasteiger partial charge in [0.15, 0.2) is 0 Å². The molecular formula is C24H26N4O2. The number of nitrogens with one attached hydrogen (secondary N) is 1. The van der Waals surface area contributed by atoms with Crippen LogP contribution in [0.4, 0.5) is 5.69 Å². The number of amides is 2. The summed E-state index contributed by atoms with van der Waals surface area (Å²) in [6, 6.07) is 21.5. The molecule has 0 atom stereocenters. The molecule has 0 bridgehead atoms. The fraction of sp³-hybridized carbons (Fsp3) is 0.250. The van der Waals surface area contributed by atoms with E-state index in [1.807, 2.05) is 88.6 Å². The molecule has 1 fully saturated rings. The zero-order valence-electron chi connectivity index (χ0n) is 16.9. The molecule has 30 heavy (non-hydrogen) atoms. The molecule has 0 unspecified atom stereocenters. The van der Waals surface area contributed by atoms with Gasteiger partial charge in [-0.2, -0.15) is 0 Å².